The van der Waals surface area contributed by atoms with E-state index in [2.05, 4.69) is 20.9 Å². The number of halogens is 4. The van der Waals surface area contributed by atoms with Gasteiger partial charge in [0.2, 0.25) is 5.82 Å². The number of aromatic nitrogens is 2. The van der Waals surface area contributed by atoms with Crippen LogP contribution in [0.2, 0.25) is 0 Å². The topological polar surface area (TPSA) is 49.0 Å². The van der Waals surface area contributed by atoms with Gasteiger partial charge in [0.25, 0.3) is 5.56 Å². The molecule has 0 fully saturated rings. The first kappa shape index (κ1) is 15.7. The number of fused-ring (bicyclic) bond motifs is 1. The zero-order valence-corrected chi connectivity index (χ0v) is 13.6. The largest absolute Gasteiger partial charge is 0.449 e. The number of hydrogen-bond donors (Lipinski definition) is 1. The summed E-state index contributed by atoms with van der Waals surface area (Å²) in [5.74, 6) is -1.22. The molecule has 0 radical (unpaired) electrons. The van der Waals surface area contributed by atoms with E-state index >= 15 is 0 Å². The third kappa shape index (κ3) is 3.26. The molecule has 0 aromatic carbocycles. The number of aromatic amines is 1. The van der Waals surface area contributed by atoms with Gasteiger partial charge in [-0.2, -0.15) is 13.2 Å². The van der Waals surface area contributed by atoms with E-state index < -0.39 is 17.6 Å². The van der Waals surface area contributed by atoms with Crippen LogP contribution in [0.15, 0.2) is 20.7 Å². The minimum Gasteiger partial charge on any atom is -0.303 e. The quantitative estimate of drug-likeness (QED) is 0.852. The number of nitrogens with zero attached hydrogens (tertiary/aromatic N) is 2. The summed E-state index contributed by atoms with van der Waals surface area (Å²) in [5, 5.41) is 1.97. The van der Waals surface area contributed by atoms with E-state index in [1.807, 2.05) is 21.3 Å². The lowest BCUT2D eigenvalue weighted by atomic mass is 10.1. The van der Waals surface area contributed by atoms with Crippen LogP contribution in [0.3, 0.4) is 0 Å². The van der Waals surface area contributed by atoms with Crippen LogP contribution in [0, 0.1) is 0 Å². The molecule has 1 aliphatic rings. The molecular formula is C13H11BrF3N3OS. The molecule has 118 valence electrons. The fraction of sp³-hybridized carbons (Fsp3) is 0.385. The van der Waals surface area contributed by atoms with Gasteiger partial charge in [-0.05, 0) is 22.0 Å². The van der Waals surface area contributed by atoms with E-state index in [0.717, 1.165) is 9.35 Å². The summed E-state index contributed by atoms with van der Waals surface area (Å²) in [6, 6.07) is 2.00. The average molecular weight is 394 g/mol. The van der Waals surface area contributed by atoms with Crippen molar-refractivity contribution in [2.75, 3.05) is 6.54 Å². The Balaban J connectivity index is 1.83. The van der Waals surface area contributed by atoms with Gasteiger partial charge in [0, 0.05) is 40.8 Å². The van der Waals surface area contributed by atoms with Gasteiger partial charge in [0.15, 0.2) is 0 Å². The Labute approximate surface area is 136 Å². The van der Waals surface area contributed by atoms with Crippen LogP contribution in [-0.2, 0) is 25.7 Å². The molecule has 0 atom stereocenters. The minimum absolute atomic E-state index is 0.250. The van der Waals surface area contributed by atoms with Gasteiger partial charge in [0.05, 0.1) is 11.3 Å². The van der Waals surface area contributed by atoms with Gasteiger partial charge in [-0.3, -0.25) is 9.69 Å². The van der Waals surface area contributed by atoms with Crippen LogP contribution in [0.5, 0.6) is 0 Å². The minimum atomic E-state index is -4.63. The van der Waals surface area contributed by atoms with Crippen molar-refractivity contribution in [1.29, 1.82) is 0 Å². The standard InChI is InChI=1S/C13H11BrF3N3OS/c14-7-3-8(22-6-7)4-20-2-1-10-9(5-20)11(21)19-12(18-10)13(15,16)17/h3,6H,1-2,4-5H2,(H,18,19,21). The van der Waals surface area contributed by atoms with Gasteiger partial charge in [-0.25, -0.2) is 4.98 Å². The van der Waals surface area contributed by atoms with Crippen molar-refractivity contribution < 1.29 is 13.2 Å². The van der Waals surface area contributed by atoms with Crippen molar-refractivity contribution in [3.8, 4) is 0 Å². The second kappa shape index (κ2) is 5.78. The van der Waals surface area contributed by atoms with Gasteiger partial charge in [-0.1, -0.05) is 0 Å². The fourth-order valence-electron chi connectivity index (χ4n) is 2.41. The maximum Gasteiger partial charge on any atom is 0.449 e. The SMILES string of the molecule is O=c1[nH]c(C(F)(F)F)nc2c1CN(Cc1cc(Br)cs1)CC2. The molecule has 4 nitrogen and oxygen atoms in total. The average Bonchev–Trinajstić information content (AvgIpc) is 2.83. The van der Waals surface area contributed by atoms with Crippen molar-refractivity contribution in [3.05, 3.63) is 48.2 Å². The molecule has 0 spiro atoms. The number of hydrogen-bond acceptors (Lipinski definition) is 4. The molecule has 3 rings (SSSR count). The van der Waals surface area contributed by atoms with Crippen molar-refractivity contribution >= 4 is 27.3 Å². The lowest BCUT2D eigenvalue weighted by Gasteiger charge is -2.27. The summed E-state index contributed by atoms with van der Waals surface area (Å²) in [6.07, 6.45) is -4.29. The first-order valence-electron chi connectivity index (χ1n) is 6.47. The molecule has 0 aliphatic carbocycles. The van der Waals surface area contributed by atoms with Crippen LogP contribution in [-0.4, -0.2) is 21.4 Å². The molecule has 3 heterocycles. The zero-order valence-electron chi connectivity index (χ0n) is 11.2. The van der Waals surface area contributed by atoms with E-state index in [1.54, 1.807) is 11.3 Å². The van der Waals surface area contributed by atoms with Crippen LogP contribution in [0.4, 0.5) is 13.2 Å². The molecule has 0 amide bonds. The van der Waals surface area contributed by atoms with Crippen molar-refractivity contribution in [1.82, 2.24) is 14.9 Å². The zero-order chi connectivity index (χ0) is 15.9. The van der Waals surface area contributed by atoms with Gasteiger partial charge in [0.1, 0.15) is 0 Å². The lowest BCUT2D eigenvalue weighted by Crippen LogP contribution is -2.36. The Morgan fingerprint density at radius 3 is 2.86 bits per heavy atom. The molecule has 0 saturated heterocycles. The molecule has 0 saturated carbocycles. The Kier molecular flexibility index (Phi) is 4.13. The number of alkyl halides is 3. The van der Waals surface area contributed by atoms with Crippen LogP contribution < -0.4 is 5.56 Å². The van der Waals surface area contributed by atoms with Gasteiger partial charge >= 0.3 is 6.18 Å². The molecule has 1 N–H and O–H groups in total. The van der Waals surface area contributed by atoms with Crippen LogP contribution in [0.25, 0.3) is 0 Å². The molecule has 1 aliphatic heterocycles. The Morgan fingerprint density at radius 1 is 1.45 bits per heavy atom. The molecule has 22 heavy (non-hydrogen) atoms. The van der Waals surface area contributed by atoms with E-state index in [0.29, 0.717) is 31.6 Å². The Morgan fingerprint density at radius 2 is 2.23 bits per heavy atom. The number of thiophene rings is 1. The third-order valence-corrected chi connectivity index (χ3v) is 5.10. The number of nitrogens with one attached hydrogen (secondary N) is 1. The highest BCUT2D eigenvalue weighted by Gasteiger charge is 2.35. The molecule has 0 bridgehead atoms. The Hall–Kier alpha value is -1.19. The number of H-pyrrole nitrogens is 1. The third-order valence-electron chi connectivity index (χ3n) is 3.42. The predicted molar refractivity (Wildman–Crippen MR) is 79.7 cm³/mol. The highest BCUT2D eigenvalue weighted by molar-refractivity contribution is 9.10. The predicted octanol–water partition coefficient (Wildman–Crippen LogP) is 3.17. The first-order chi connectivity index (χ1) is 10.3. The van der Waals surface area contributed by atoms with Crippen molar-refractivity contribution in [2.45, 2.75) is 25.7 Å². The van der Waals surface area contributed by atoms with Gasteiger partial charge < -0.3 is 4.98 Å². The monoisotopic (exact) mass is 393 g/mol. The normalized spacial score (nSPS) is 15.8. The van der Waals surface area contributed by atoms with Crippen molar-refractivity contribution in [2.24, 2.45) is 0 Å². The highest BCUT2D eigenvalue weighted by atomic mass is 79.9. The molecular weight excluding hydrogens is 383 g/mol. The Bertz CT molecular complexity index is 756. The number of rotatable bonds is 2. The summed E-state index contributed by atoms with van der Waals surface area (Å²) in [7, 11) is 0. The first-order valence-corrected chi connectivity index (χ1v) is 8.15. The summed E-state index contributed by atoms with van der Waals surface area (Å²) >= 11 is 4.98. The summed E-state index contributed by atoms with van der Waals surface area (Å²) in [5.41, 5.74) is -0.121. The second-order valence-electron chi connectivity index (χ2n) is 5.03. The molecule has 9 heteroatoms. The summed E-state index contributed by atoms with van der Waals surface area (Å²) in [6.45, 7) is 1.55. The fourth-order valence-corrected chi connectivity index (χ4v) is 3.90. The maximum atomic E-state index is 12.7. The maximum absolute atomic E-state index is 12.7. The molecule has 2 aromatic heterocycles. The van der Waals surface area contributed by atoms with Crippen molar-refractivity contribution in [3.63, 3.8) is 0 Å². The van der Waals surface area contributed by atoms with E-state index in [1.165, 1.54) is 0 Å². The van der Waals surface area contributed by atoms with E-state index in [-0.39, 0.29) is 5.69 Å². The smallest absolute Gasteiger partial charge is 0.303 e. The van der Waals surface area contributed by atoms with Gasteiger partial charge in [-0.15, -0.1) is 11.3 Å². The van der Waals surface area contributed by atoms with E-state index in [4.69, 9.17) is 0 Å². The van der Waals surface area contributed by atoms with Crippen LogP contribution in [0.1, 0.15) is 22.0 Å². The summed E-state index contributed by atoms with van der Waals surface area (Å²) < 4.78 is 39.0. The van der Waals surface area contributed by atoms with Crippen LogP contribution >= 0.6 is 27.3 Å². The van der Waals surface area contributed by atoms with E-state index in [9.17, 15) is 18.0 Å². The lowest BCUT2D eigenvalue weighted by molar-refractivity contribution is -0.145. The second-order valence-corrected chi connectivity index (χ2v) is 6.94. The molecule has 0 unspecified atom stereocenters. The molecule has 2 aromatic rings. The highest BCUT2D eigenvalue weighted by Crippen LogP contribution is 2.27. The summed E-state index contributed by atoms with van der Waals surface area (Å²) in [4.78, 5) is 20.5.